The Bertz CT molecular complexity index is 1780. The topological polar surface area (TPSA) is 242 Å². The summed E-state index contributed by atoms with van der Waals surface area (Å²) in [6, 6.07) is 1.31. The maximum Gasteiger partial charge on any atom is 0.329 e. The van der Waals surface area contributed by atoms with Gasteiger partial charge in [0.15, 0.2) is 5.52 Å². The predicted octanol–water partition coefficient (Wildman–Crippen LogP) is 7.24. The molecule has 0 aliphatic heterocycles. The van der Waals surface area contributed by atoms with Crippen LogP contribution in [0, 0.1) is 56.5 Å². The van der Waals surface area contributed by atoms with Gasteiger partial charge >= 0.3 is 23.6 Å². The van der Waals surface area contributed by atoms with Gasteiger partial charge < -0.3 is 24.6 Å². The molecule has 17 nitrogen and oxygen atoms in total. The van der Waals surface area contributed by atoms with Gasteiger partial charge in [-0.1, -0.05) is 25.9 Å². The number of benzene rings is 1. The number of hydrogen-bond donors (Lipinski definition) is 2. The number of azide groups is 1. The number of carboxylic acids is 1. The van der Waals surface area contributed by atoms with E-state index in [0.29, 0.717) is 55.0 Å². The highest BCUT2D eigenvalue weighted by molar-refractivity contribution is 5.95. The zero-order chi connectivity index (χ0) is 39.3. The van der Waals surface area contributed by atoms with Crippen LogP contribution in [0.15, 0.2) is 21.9 Å². The smallest absolute Gasteiger partial charge is 0.329 e. The fourth-order valence-electron chi connectivity index (χ4n) is 11.3. The van der Waals surface area contributed by atoms with Crippen molar-refractivity contribution >= 4 is 40.3 Å². The third-order valence-electron chi connectivity index (χ3n) is 13.9. The number of fused-ring (bicyclic) bond motifs is 6. The minimum atomic E-state index is -1.25. The van der Waals surface area contributed by atoms with Crippen molar-refractivity contribution in [1.82, 2.24) is 10.3 Å². The number of anilines is 1. The number of rotatable bonds is 17. The fraction of sp³-hybridized carbons (Fsp3) is 0.763. The summed E-state index contributed by atoms with van der Waals surface area (Å²) in [5.74, 6) is 1.17. The van der Waals surface area contributed by atoms with Gasteiger partial charge in [-0.25, -0.2) is 9.42 Å². The van der Waals surface area contributed by atoms with Crippen molar-refractivity contribution in [3.8, 4) is 0 Å². The van der Waals surface area contributed by atoms with Crippen molar-refractivity contribution in [3.05, 3.63) is 32.7 Å². The number of carbonyl (C=O) groups is 3. The second-order valence-corrected chi connectivity index (χ2v) is 16.7. The Morgan fingerprint density at radius 3 is 2.60 bits per heavy atom. The molecule has 6 rings (SSSR count). The lowest BCUT2D eigenvalue weighted by Crippen LogP contribution is -2.54. The number of aliphatic carboxylic acids is 1. The number of nitro benzene ring substituents is 1. The molecular formula is C38H53N7O10. The average Bonchev–Trinajstić information content (AvgIpc) is 3.78. The minimum Gasteiger partial charge on any atom is -0.481 e. The third-order valence-corrected chi connectivity index (χ3v) is 13.9. The van der Waals surface area contributed by atoms with Crippen LogP contribution in [-0.4, -0.2) is 76.8 Å². The summed E-state index contributed by atoms with van der Waals surface area (Å²) in [7, 11) is 0. The highest BCUT2D eigenvalue weighted by Crippen LogP contribution is 2.68. The Morgan fingerprint density at radius 1 is 1.07 bits per heavy atom. The first kappa shape index (κ1) is 40.2. The second kappa shape index (κ2) is 17.1. The number of carboxylic acid groups (broad SMARTS) is 1. The lowest BCUT2D eigenvalue weighted by molar-refractivity contribution is -0.383. The molecule has 4 aliphatic carbocycles. The van der Waals surface area contributed by atoms with Crippen molar-refractivity contribution in [2.24, 2.45) is 51.5 Å². The van der Waals surface area contributed by atoms with Crippen LogP contribution >= 0.6 is 0 Å². The maximum atomic E-state index is 13.5. The van der Waals surface area contributed by atoms with Gasteiger partial charge in [0.1, 0.15) is 18.8 Å². The van der Waals surface area contributed by atoms with Gasteiger partial charge in [0, 0.05) is 23.9 Å². The van der Waals surface area contributed by atoms with Gasteiger partial charge in [-0.15, -0.1) is 0 Å². The Kier molecular flexibility index (Phi) is 12.5. The van der Waals surface area contributed by atoms with Crippen molar-refractivity contribution in [2.45, 2.75) is 110 Å². The van der Waals surface area contributed by atoms with Crippen LogP contribution in [0.2, 0.25) is 0 Å². The average molecular weight is 768 g/mol. The molecule has 0 saturated heterocycles. The number of esters is 2. The van der Waals surface area contributed by atoms with Gasteiger partial charge in [-0.05, 0) is 132 Å². The van der Waals surface area contributed by atoms with E-state index in [9.17, 15) is 29.6 Å². The highest BCUT2D eigenvalue weighted by atomic mass is 16.6. The SMILES string of the molecule is CC(CCC(=O)OCCOCCN=[N+]=[N-])C1CC[C@H]2[C@@H]3CC[C@@H]4C[C@H](OC(=O)[C@H](CC(=O)O)Nc5ccc([N+](=O)[O-])c6nonc56)CC[C@]4(C)[C@H]3CC[C@]12C. The number of aromatic nitrogens is 2. The van der Waals surface area contributed by atoms with E-state index in [0.717, 1.165) is 32.1 Å². The van der Waals surface area contributed by atoms with Gasteiger partial charge in [-0.2, -0.15) is 0 Å². The molecule has 1 heterocycles. The van der Waals surface area contributed by atoms with E-state index in [-0.39, 0.29) is 65.1 Å². The summed E-state index contributed by atoms with van der Waals surface area (Å²) in [4.78, 5) is 51.3. The van der Waals surface area contributed by atoms with Crippen LogP contribution in [0.3, 0.4) is 0 Å². The zero-order valence-corrected chi connectivity index (χ0v) is 31.9. The van der Waals surface area contributed by atoms with Crippen molar-refractivity contribution in [2.75, 3.05) is 31.7 Å². The van der Waals surface area contributed by atoms with Crippen LogP contribution in [0.4, 0.5) is 11.4 Å². The third kappa shape index (κ3) is 8.52. The Balaban J connectivity index is 1.02. The molecule has 4 aliphatic rings. The molecule has 4 fully saturated rings. The molecule has 1 aromatic carbocycles. The molecule has 0 bridgehead atoms. The van der Waals surface area contributed by atoms with Crippen LogP contribution in [-0.2, 0) is 28.6 Å². The lowest BCUT2D eigenvalue weighted by Gasteiger charge is -2.61. The molecule has 0 amide bonds. The number of non-ortho nitro benzene ring substituents is 1. The molecule has 10 atom stereocenters. The van der Waals surface area contributed by atoms with Gasteiger partial charge in [0.05, 0.1) is 30.2 Å². The van der Waals surface area contributed by atoms with E-state index in [1.54, 1.807) is 0 Å². The van der Waals surface area contributed by atoms with E-state index in [1.165, 1.54) is 37.8 Å². The molecule has 2 aromatic rings. The quantitative estimate of drug-likeness (QED) is 0.0307. The zero-order valence-electron chi connectivity index (χ0n) is 31.9. The van der Waals surface area contributed by atoms with Crippen molar-refractivity contribution in [1.29, 1.82) is 0 Å². The van der Waals surface area contributed by atoms with Crippen molar-refractivity contribution in [3.63, 3.8) is 0 Å². The maximum absolute atomic E-state index is 13.5. The number of nitrogens with zero attached hydrogens (tertiary/aromatic N) is 6. The molecule has 2 N–H and O–H groups in total. The van der Waals surface area contributed by atoms with Crippen molar-refractivity contribution < 1.29 is 43.3 Å². The summed E-state index contributed by atoms with van der Waals surface area (Å²) < 4.78 is 21.5. The molecule has 1 aromatic heterocycles. The number of ether oxygens (including phenoxy) is 3. The molecule has 55 heavy (non-hydrogen) atoms. The summed E-state index contributed by atoms with van der Waals surface area (Å²) in [6.07, 6.45) is 9.64. The highest BCUT2D eigenvalue weighted by Gasteiger charge is 2.60. The van der Waals surface area contributed by atoms with Gasteiger partial charge in [0.25, 0.3) is 0 Å². The fourth-order valence-corrected chi connectivity index (χ4v) is 11.3. The lowest BCUT2D eigenvalue weighted by atomic mass is 9.44. The summed E-state index contributed by atoms with van der Waals surface area (Å²) in [6.45, 7) is 8.27. The molecule has 300 valence electrons. The first-order valence-electron chi connectivity index (χ1n) is 19.7. The normalized spacial score (nSPS) is 30.8. The van der Waals surface area contributed by atoms with E-state index in [2.05, 4.69) is 46.4 Å². The first-order valence-corrected chi connectivity index (χ1v) is 19.7. The van der Waals surface area contributed by atoms with Gasteiger partial charge in [0.2, 0.25) is 5.52 Å². The second-order valence-electron chi connectivity index (χ2n) is 16.7. The van der Waals surface area contributed by atoms with E-state index >= 15 is 0 Å². The van der Waals surface area contributed by atoms with Crippen LogP contribution in [0.25, 0.3) is 21.5 Å². The summed E-state index contributed by atoms with van der Waals surface area (Å²) in [5.41, 5.74) is 8.48. The molecular weight excluding hydrogens is 714 g/mol. The Morgan fingerprint density at radius 2 is 1.84 bits per heavy atom. The largest absolute Gasteiger partial charge is 0.481 e. The van der Waals surface area contributed by atoms with E-state index in [1.807, 2.05) is 0 Å². The predicted molar refractivity (Wildman–Crippen MR) is 197 cm³/mol. The van der Waals surface area contributed by atoms with E-state index in [4.69, 9.17) is 24.4 Å². The van der Waals surface area contributed by atoms with Crippen LogP contribution in [0.1, 0.15) is 97.8 Å². The molecule has 4 saturated carbocycles. The summed E-state index contributed by atoms with van der Waals surface area (Å²) >= 11 is 0. The van der Waals surface area contributed by atoms with E-state index < -0.39 is 29.3 Å². The minimum absolute atomic E-state index is 0.0220. The number of nitro groups is 1. The van der Waals surface area contributed by atoms with Crippen LogP contribution in [0.5, 0.6) is 0 Å². The standard InChI is InChI=1S/C38H53N7O10/c1-22(4-11-33(48)53-19-18-52-17-16-40-44-39)26-7-8-27-25-6-5-23-20-24(12-14-37(23,2)28(25)13-15-38(26,27)3)54-36(49)30(21-32(46)47)41-29-9-10-31(45(50)51)35-34(29)42-55-43-35/h9-10,22-28,30,41H,4-8,11-21H2,1-3H3,(H,46,47)/t22?,23-,24-,25+,26?,27+,28+,30+,37+,38-/m1/s1. The molecule has 0 spiro atoms. The number of hydrogen-bond acceptors (Lipinski definition) is 13. The summed E-state index contributed by atoms with van der Waals surface area (Å²) in [5, 5.41) is 34.7. The Labute approximate surface area is 319 Å². The Hall–Kier alpha value is -4.50. The first-order chi connectivity index (χ1) is 26.4. The molecule has 0 radical (unpaired) electrons. The van der Waals surface area contributed by atoms with Crippen LogP contribution < -0.4 is 5.32 Å². The number of carbonyl (C=O) groups excluding carboxylic acids is 2. The molecule has 17 heteroatoms. The molecule has 2 unspecified atom stereocenters. The number of nitrogens with one attached hydrogen (secondary N) is 1. The van der Waals surface area contributed by atoms with Gasteiger partial charge in [-0.3, -0.25) is 19.7 Å². The monoisotopic (exact) mass is 767 g/mol.